The number of hydrogen-bond donors (Lipinski definition) is 2. The topological polar surface area (TPSA) is 106 Å². The molecule has 8 heteroatoms. The highest BCUT2D eigenvalue weighted by molar-refractivity contribution is 5.93. The summed E-state index contributed by atoms with van der Waals surface area (Å²) in [6.07, 6.45) is 3.21. The molecule has 0 saturated carbocycles. The second-order valence-corrected chi connectivity index (χ2v) is 7.67. The van der Waals surface area contributed by atoms with Crippen molar-refractivity contribution in [2.75, 3.05) is 18.8 Å². The summed E-state index contributed by atoms with van der Waals surface area (Å²) < 4.78 is 7.74. The third kappa shape index (κ3) is 3.31. The number of ether oxygens (including phenoxy) is 1. The van der Waals surface area contributed by atoms with Crippen LogP contribution in [-0.4, -0.2) is 38.7 Å². The first kappa shape index (κ1) is 19.6. The number of aromatic nitrogens is 3. The van der Waals surface area contributed by atoms with Crippen molar-refractivity contribution in [2.24, 2.45) is 0 Å². The summed E-state index contributed by atoms with van der Waals surface area (Å²) in [5.74, 6) is 1.59. The lowest BCUT2D eigenvalue weighted by Crippen LogP contribution is -2.47. The van der Waals surface area contributed by atoms with E-state index in [4.69, 9.17) is 10.5 Å². The molecule has 8 nitrogen and oxygen atoms in total. The first-order chi connectivity index (χ1) is 15.5. The van der Waals surface area contributed by atoms with E-state index in [-0.39, 0.29) is 23.2 Å². The van der Waals surface area contributed by atoms with Crippen LogP contribution in [0.1, 0.15) is 11.5 Å². The average molecular weight is 427 g/mol. The number of aromatic amines is 1. The van der Waals surface area contributed by atoms with Crippen LogP contribution in [0.3, 0.4) is 0 Å². The van der Waals surface area contributed by atoms with E-state index >= 15 is 0 Å². The van der Waals surface area contributed by atoms with Crippen LogP contribution in [0.2, 0.25) is 0 Å². The highest BCUT2D eigenvalue weighted by Gasteiger charge is 2.34. The molecule has 3 heterocycles. The SMILES string of the molecule is C=CC(=O)N1CC(c2cn(-c3ccc(Oc4ccccc4)cc3)c3c(N)n[nH]c(=O)c23)C1. The predicted octanol–water partition coefficient (Wildman–Crippen LogP) is 3.20. The molecule has 1 saturated heterocycles. The van der Waals surface area contributed by atoms with E-state index in [9.17, 15) is 9.59 Å². The maximum absolute atomic E-state index is 12.7. The van der Waals surface area contributed by atoms with E-state index in [2.05, 4.69) is 16.8 Å². The molecule has 1 aliphatic rings. The molecule has 0 unspecified atom stereocenters. The van der Waals surface area contributed by atoms with Gasteiger partial charge in [-0.05, 0) is 48.0 Å². The number of H-pyrrole nitrogens is 1. The number of nitrogen functional groups attached to an aromatic ring is 1. The fourth-order valence-corrected chi connectivity index (χ4v) is 4.03. The lowest BCUT2D eigenvalue weighted by Gasteiger charge is -2.38. The van der Waals surface area contributed by atoms with Crippen LogP contribution < -0.4 is 16.0 Å². The Morgan fingerprint density at radius 3 is 2.50 bits per heavy atom. The van der Waals surface area contributed by atoms with Gasteiger partial charge in [-0.1, -0.05) is 24.8 Å². The Kier molecular flexibility index (Phi) is 4.74. The number of para-hydroxylation sites is 1. The van der Waals surface area contributed by atoms with Gasteiger partial charge >= 0.3 is 0 Å². The third-order valence-electron chi connectivity index (χ3n) is 5.68. The van der Waals surface area contributed by atoms with Crippen LogP contribution in [0.5, 0.6) is 11.5 Å². The van der Waals surface area contributed by atoms with Gasteiger partial charge in [0.05, 0.1) is 5.39 Å². The van der Waals surface area contributed by atoms with Gasteiger partial charge in [0.15, 0.2) is 5.82 Å². The van der Waals surface area contributed by atoms with E-state index in [1.54, 1.807) is 4.90 Å². The molecule has 2 aromatic heterocycles. The molecule has 0 aliphatic carbocycles. The average Bonchev–Trinajstić information content (AvgIpc) is 3.18. The molecule has 32 heavy (non-hydrogen) atoms. The molecular weight excluding hydrogens is 406 g/mol. The van der Waals surface area contributed by atoms with Crippen molar-refractivity contribution in [2.45, 2.75) is 5.92 Å². The summed E-state index contributed by atoms with van der Waals surface area (Å²) in [7, 11) is 0. The number of anilines is 1. The number of rotatable bonds is 5. The Morgan fingerprint density at radius 1 is 1.12 bits per heavy atom. The van der Waals surface area contributed by atoms with Crippen LogP contribution >= 0.6 is 0 Å². The number of carbonyl (C=O) groups excluding carboxylic acids is 1. The third-order valence-corrected chi connectivity index (χ3v) is 5.68. The van der Waals surface area contributed by atoms with Gasteiger partial charge in [-0.25, -0.2) is 5.10 Å². The van der Waals surface area contributed by atoms with Gasteiger partial charge in [0, 0.05) is 30.9 Å². The highest BCUT2D eigenvalue weighted by Crippen LogP contribution is 2.35. The van der Waals surface area contributed by atoms with Crippen molar-refractivity contribution in [3.63, 3.8) is 0 Å². The first-order valence-corrected chi connectivity index (χ1v) is 10.2. The Hall–Kier alpha value is -4.33. The molecule has 0 bridgehead atoms. The molecule has 0 radical (unpaired) electrons. The molecule has 0 spiro atoms. The number of nitrogens with one attached hydrogen (secondary N) is 1. The van der Waals surface area contributed by atoms with Gasteiger partial charge < -0.3 is 19.9 Å². The molecule has 160 valence electrons. The number of likely N-dealkylation sites (tertiary alicyclic amines) is 1. The smallest absolute Gasteiger partial charge is 0.274 e. The van der Waals surface area contributed by atoms with E-state index in [1.165, 1.54) is 6.08 Å². The molecule has 2 aromatic carbocycles. The normalized spacial score (nSPS) is 13.7. The Labute approximate surface area is 183 Å². The zero-order chi connectivity index (χ0) is 22.2. The van der Waals surface area contributed by atoms with Crippen molar-refractivity contribution in [1.29, 1.82) is 0 Å². The number of carbonyl (C=O) groups is 1. The number of nitrogens with zero attached hydrogens (tertiary/aromatic N) is 3. The van der Waals surface area contributed by atoms with E-state index in [0.717, 1.165) is 17.0 Å². The quantitative estimate of drug-likeness (QED) is 0.476. The van der Waals surface area contributed by atoms with Crippen molar-refractivity contribution >= 4 is 22.6 Å². The Bertz CT molecular complexity index is 1370. The summed E-state index contributed by atoms with van der Waals surface area (Å²) in [5, 5.41) is 6.93. The van der Waals surface area contributed by atoms with Crippen LogP contribution in [-0.2, 0) is 4.79 Å². The first-order valence-electron chi connectivity index (χ1n) is 10.2. The van der Waals surface area contributed by atoms with Crippen molar-refractivity contribution in [1.82, 2.24) is 19.7 Å². The fraction of sp³-hybridized carbons (Fsp3) is 0.125. The van der Waals surface area contributed by atoms with Crippen molar-refractivity contribution < 1.29 is 9.53 Å². The van der Waals surface area contributed by atoms with Gasteiger partial charge in [0.25, 0.3) is 5.56 Å². The summed E-state index contributed by atoms with van der Waals surface area (Å²) in [4.78, 5) is 26.2. The number of hydrogen-bond acceptors (Lipinski definition) is 5. The minimum absolute atomic E-state index is 0.0336. The largest absolute Gasteiger partial charge is 0.457 e. The molecule has 4 aromatic rings. The maximum atomic E-state index is 12.7. The summed E-state index contributed by atoms with van der Waals surface area (Å²) in [6, 6.07) is 17.0. The Balaban J connectivity index is 1.52. The monoisotopic (exact) mass is 427 g/mol. The van der Waals surface area contributed by atoms with Crippen LogP contribution in [0.4, 0.5) is 5.82 Å². The molecule has 0 atom stereocenters. The Morgan fingerprint density at radius 2 is 1.81 bits per heavy atom. The summed E-state index contributed by atoms with van der Waals surface area (Å²) in [6.45, 7) is 4.58. The zero-order valence-electron chi connectivity index (χ0n) is 17.2. The van der Waals surface area contributed by atoms with Gasteiger partial charge in [-0.3, -0.25) is 9.59 Å². The van der Waals surface area contributed by atoms with E-state index < -0.39 is 0 Å². The van der Waals surface area contributed by atoms with Gasteiger partial charge in [-0.2, -0.15) is 5.10 Å². The van der Waals surface area contributed by atoms with Gasteiger partial charge in [-0.15, -0.1) is 0 Å². The fourth-order valence-electron chi connectivity index (χ4n) is 4.03. The number of benzene rings is 2. The highest BCUT2D eigenvalue weighted by atomic mass is 16.5. The number of fused-ring (bicyclic) bond motifs is 1. The van der Waals surface area contributed by atoms with Crippen molar-refractivity contribution in [3.05, 3.63) is 89.4 Å². The molecule has 3 N–H and O–H groups in total. The second-order valence-electron chi connectivity index (χ2n) is 7.67. The van der Waals surface area contributed by atoms with Gasteiger partial charge in [0.2, 0.25) is 5.91 Å². The molecule has 1 fully saturated rings. The molecule has 1 amide bonds. The van der Waals surface area contributed by atoms with Crippen LogP contribution in [0, 0.1) is 0 Å². The second kappa shape index (κ2) is 7.73. The predicted molar refractivity (Wildman–Crippen MR) is 122 cm³/mol. The summed E-state index contributed by atoms with van der Waals surface area (Å²) >= 11 is 0. The minimum Gasteiger partial charge on any atom is -0.457 e. The van der Waals surface area contributed by atoms with E-state index in [1.807, 2.05) is 65.4 Å². The molecular formula is C24H21N5O3. The van der Waals surface area contributed by atoms with Gasteiger partial charge in [0.1, 0.15) is 17.0 Å². The standard InChI is InChI=1S/C24H21N5O3/c1-2-20(30)28-12-15(13-28)19-14-29(22-21(19)24(31)27-26-23(22)25)16-8-10-18(11-9-16)32-17-6-4-3-5-7-17/h2-11,14-15H,1,12-13H2,(H2,25,26)(H,27,31). The number of amides is 1. The van der Waals surface area contributed by atoms with Crippen LogP contribution in [0.25, 0.3) is 16.6 Å². The zero-order valence-corrected chi connectivity index (χ0v) is 17.2. The lowest BCUT2D eigenvalue weighted by molar-refractivity contribution is -0.130. The van der Waals surface area contributed by atoms with Crippen molar-refractivity contribution in [3.8, 4) is 17.2 Å². The lowest BCUT2D eigenvalue weighted by atomic mass is 9.91. The van der Waals surface area contributed by atoms with Crippen LogP contribution in [0.15, 0.2) is 78.2 Å². The maximum Gasteiger partial charge on any atom is 0.274 e. The minimum atomic E-state index is -0.305. The van der Waals surface area contributed by atoms with E-state index in [0.29, 0.717) is 29.7 Å². The molecule has 5 rings (SSSR count). The summed E-state index contributed by atoms with van der Waals surface area (Å²) in [5.41, 5.74) is 8.07. The molecule has 1 aliphatic heterocycles. The number of nitrogens with two attached hydrogens (primary N) is 1.